The van der Waals surface area contributed by atoms with Crippen LogP contribution in [-0.4, -0.2) is 12.5 Å². The largest absolute Gasteiger partial charge is 0.472 e. The fourth-order valence-corrected chi connectivity index (χ4v) is 1.97. The van der Waals surface area contributed by atoms with Crippen LogP contribution < -0.4 is 5.32 Å². The summed E-state index contributed by atoms with van der Waals surface area (Å²) in [6, 6.07) is 12.2. The maximum absolute atomic E-state index is 11.6. The Bertz CT molecular complexity index is 477. The van der Waals surface area contributed by atoms with Crippen molar-refractivity contribution in [3.63, 3.8) is 0 Å². The van der Waals surface area contributed by atoms with Crippen molar-refractivity contribution in [2.45, 2.75) is 25.7 Å². The van der Waals surface area contributed by atoms with Crippen molar-refractivity contribution in [3.8, 4) is 0 Å². The highest BCUT2D eigenvalue weighted by molar-refractivity contribution is 5.75. The van der Waals surface area contributed by atoms with Crippen molar-refractivity contribution in [3.05, 3.63) is 60.1 Å². The minimum Gasteiger partial charge on any atom is -0.472 e. The Morgan fingerprint density at radius 3 is 2.63 bits per heavy atom. The van der Waals surface area contributed by atoms with Gasteiger partial charge in [0.15, 0.2) is 0 Å². The number of nitrogens with one attached hydrogen (secondary N) is 1. The molecule has 0 unspecified atom stereocenters. The monoisotopic (exact) mass is 257 g/mol. The van der Waals surface area contributed by atoms with Gasteiger partial charge in [0.2, 0.25) is 5.91 Å². The average molecular weight is 257 g/mol. The second-order valence-corrected chi connectivity index (χ2v) is 4.57. The average Bonchev–Trinajstić information content (AvgIpc) is 2.93. The van der Waals surface area contributed by atoms with Crippen LogP contribution in [0.5, 0.6) is 0 Å². The molecule has 1 amide bonds. The molecule has 0 fully saturated rings. The lowest BCUT2D eigenvalue weighted by molar-refractivity contribution is -0.121. The van der Waals surface area contributed by atoms with E-state index in [9.17, 15) is 4.79 Å². The van der Waals surface area contributed by atoms with E-state index >= 15 is 0 Å². The molecule has 19 heavy (non-hydrogen) atoms. The first-order valence-electron chi connectivity index (χ1n) is 6.66. The lowest BCUT2D eigenvalue weighted by Gasteiger charge is -2.04. The van der Waals surface area contributed by atoms with Gasteiger partial charge in [0, 0.05) is 13.0 Å². The molecule has 1 aromatic carbocycles. The van der Waals surface area contributed by atoms with E-state index in [4.69, 9.17) is 4.42 Å². The van der Waals surface area contributed by atoms with Gasteiger partial charge < -0.3 is 9.73 Å². The van der Waals surface area contributed by atoms with Crippen LogP contribution in [0.3, 0.4) is 0 Å². The Kier molecular flexibility index (Phi) is 5.23. The third kappa shape index (κ3) is 5.00. The van der Waals surface area contributed by atoms with Crippen LogP contribution in [0.2, 0.25) is 0 Å². The molecule has 0 atom stereocenters. The van der Waals surface area contributed by atoms with Gasteiger partial charge in [0.25, 0.3) is 0 Å². The minimum atomic E-state index is 0.124. The van der Waals surface area contributed by atoms with E-state index in [1.54, 1.807) is 12.5 Å². The molecule has 0 radical (unpaired) electrons. The smallest absolute Gasteiger partial charge is 0.220 e. The maximum atomic E-state index is 11.6. The summed E-state index contributed by atoms with van der Waals surface area (Å²) in [5.74, 6) is 0.124. The zero-order valence-electron chi connectivity index (χ0n) is 11.0. The standard InChI is InChI=1S/C16H19NO2/c18-16(17-11-9-15-10-12-19-13-15)8-4-7-14-5-2-1-3-6-14/h1-3,5-6,10,12-13H,4,7-9,11H2,(H,17,18). The zero-order valence-corrected chi connectivity index (χ0v) is 11.0. The number of carbonyl (C=O) groups is 1. The van der Waals surface area contributed by atoms with Gasteiger partial charge in [-0.2, -0.15) is 0 Å². The number of aryl methyl sites for hydroxylation is 1. The molecule has 0 aliphatic carbocycles. The molecule has 0 saturated heterocycles. The Morgan fingerprint density at radius 1 is 1.05 bits per heavy atom. The maximum Gasteiger partial charge on any atom is 0.220 e. The summed E-state index contributed by atoms with van der Waals surface area (Å²) in [6.45, 7) is 0.670. The second kappa shape index (κ2) is 7.41. The van der Waals surface area contributed by atoms with E-state index < -0.39 is 0 Å². The number of rotatable bonds is 7. The number of furan rings is 1. The van der Waals surface area contributed by atoms with Crippen molar-refractivity contribution in [2.75, 3.05) is 6.54 Å². The Balaban J connectivity index is 1.57. The third-order valence-electron chi connectivity index (χ3n) is 3.03. The molecule has 2 aromatic rings. The molecule has 0 saturated carbocycles. The Labute approximate surface area is 113 Å². The predicted octanol–water partition coefficient (Wildman–Crippen LogP) is 2.96. The first-order chi connectivity index (χ1) is 9.34. The summed E-state index contributed by atoms with van der Waals surface area (Å²) in [6.07, 6.45) is 6.61. The van der Waals surface area contributed by atoms with Crippen LogP contribution in [0.1, 0.15) is 24.0 Å². The summed E-state index contributed by atoms with van der Waals surface area (Å²) in [5, 5.41) is 2.93. The predicted molar refractivity (Wildman–Crippen MR) is 74.8 cm³/mol. The molecule has 1 aromatic heterocycles. The summed E-state index contributed by atoms with van der Waals surface area (Å²) in [5.41, 5.74) is 2.40. The van der Waals surface area contributed by atoms with E-state index in [1.165, 1.54) is 5.56 Å². The summed E-state index contributed by atoms with van der Waals surface area (Å²) < 4.78 is 4.97. The van der Waals surface area contributed by atoms with E-state index in [0.29, 0.717) is 13.0 Å². The zero-order chi connectivity index (χ0) is 13.3. The number of benzene rings is 1. The van der Waals surface area contributed by atoms with E-state index in [2.05, 4.69) is 17.4 Å². The fraction of sp³-hybridized carbons (Fsp3) is 0.312. The normalized spacial score (nSPS) is 10.3. The van der Waals surface area contributed by atoms with Gasteiger partial charge in [-0.15, -0.1) is 0 Å². The van der Waals surface area contributed by atoms with Crippen molar-refractivity contribution in [2.24, 2.45) is 0 Å². The molecule has 0 spiro atoms. The molecule has 0 aliphatic heterocycles. The molecular weight excluding hydrogens is 238 g/mol. The Hall–Kier alpha value is -2.03. The number of hydrogen-bond acceptors (Lipinski definition) is 2. The topological polar surface area (TPSA) is 42.2 Å². The molecule has 1 N–H and O–H groups in total. The van der Waals surface area contributed by atoms with Gasteiger partial charge in [-0.05, 0) is 36.5 Å². The first kappa shape index (κ1) is 13.4. The van der Waals surface area contributed by atoms with Gasteiger partial charge >= 0.3 is 0 Å². The quantitative estimate of drug-likeness (QED) is 0.828. The van der Waals surface area contributed by atoms with E-state index in [0.717, 1.165) is 24.8 Å². The molecule has 3 nitrogen and oxygen atoms in total. The minimum absolute atomic E-state index is 0.124. The van der Waals surface area contributed by atoms with Crippen molar-refractivity contribution in [1.82, 2.24) is 5.32 Å². The van der Waals surface area contributed by atoms with Gasteiger partial charge in [0.1, 0.15) is 0 Å². The third-order valence-corrected chi connectivity index (χ3v) is 3.03. The highest BCUT2D eigenvalue weighted by Gasteiger charge is 2.01. The SMILES string of the molecule is O=C(CCCc1ccccc1)NCCc1ccoc1. The van der Waals surface area contributed by atoms with Gasteiger partial charge in [0.05, 0.1) is 12.5 Å². The molecule has 3 heteroatoms. The van der Waals surface area contributed by atoms with Crippen LogP contribution in [0.15, 0.2) is 53.3 Å². The van der Waals surface area contributed by atoms with Gasteiger partial charge in [-0.3, -0.25) is 4.79 Å². The van der Waals surface area contributed by atoms with Crippen LogP contribution in [0.25, 0.3) is 0 Å². The summed E-state index contributed by atoms with van der Waals surface area (Å²) in [7, 11) is 0. The van der Waals surface area contributed by atoms with E-state index in [1.807, 2.05) is 24.3 Å². The molecule has 100 valence electrons. The lowest BCUT2D eigenvalue weighted by atomic mass is 10.1. The molecular formula is C16H19NO2. The number of amides is 1. The number of carbonyl (C=O) groups excluding carboxylic acids is 1. The van der Waals surface area contributed by atoms with Crippen LogP contribution in [0.4, 0.5) is 0 Å². The van der Waals surface area contributed by atoms with E-state index in [-0.39, 0.29) is 5.91 Å². The highest BCUT2D eigenvalue weighted by Crippen LogP contribution is 2.04. The molecule has 1 heterocycles. The van der Waals surface area contributed by atoms with Crippen molar-refractivity contribution >= 4 is 5.91 Å². The van der Waals surface area contributed by atoms with Crippen LogP contribution in [0, 0.1) is 0 Å². The van der Waals surface area contributed by atoms with Crippen LogP contribution >= 0.6 is 0 Å². The highest BCUT2D eigenvalue weighted by atomic mass is 16.3. The molecule has 2 rings (SSSR count). The van der Waals surface area contributed by atoms with Crippen molar-refractivity contribution < 1.29 is 9.21 Å². The Morgan fingerprint density at radius 2 is 1.89 bits per heavy atom. The lowest BCUT2D eigenvalue weighted by Crippen LogP contribution is -2.25. The van der Waals surface area contributed by atoms with Gasteiger partial charge in [-0.1, -0.05) is 30.3 Å². The second-order valence-electron chi connectivity index (χ2n) is 4.57. The number of hydrogen-bond donors (Lipinski definition) is 1. The fourth-order valence-electron chi connectivity index (χ4n) is 1.97. The molecule has 0 bridgehead atoms. The van der Waals surface area contributed by atoms with Gasteiger partial charge in [-0.25, -0.2) is 0 Å². The molecule has 0 aliphatic rings. The summed E-state index contributed by atoms with van der Waals surface area (Å²) in [4.78, 5) is 11.6. The van der Waals surface area contributed by atoms with Crippen molar-refractivity contribution in [1.29, 1.82) is 0 Å². The summed E-state index contributed by atoms with van der Waals surface area (Å²) >= 11 is 0. The van der Waals surface area contributed by atoms with Crippen LogP contribution in [-0.2, 0) is 17.6 Å². The first-order valence-corrected chi connectivity index (χ1v) is 6.66.